The number of amidine groups is 1. The Kier molecular flexibility index (Phi) is 9.76. The van der Waals surface area contributed by atoms with E-state index in [0.717, 1.165) is 40.7 Å². The summed E-state index contributed by atoms with van der Waals surface area (Å²) in [5.74, 6) is 1.41. The number of aromatic nitrogens is 3. The van der Waals surface area contributed by atoms with Crippen molar-refractivity contribution in [2.24, 2.45) is 10.4 Å². The van der Waals surface area contributed by atoms with E-state index < -0.39 is 6.36 Å². The van der Waals surface area contributed by atoms with Crippen LogP contribution in [-0.4, -0.2) is 51.2 Å². The molecular weight excluding hydrogens is 613 g/mol. The smallest absolute Gasteiger partial charge is 0.406 e. The zero-order chi connectivity index (χ0) is 33.1. The molecule has 1 fully saturated rings. The molecule has 0 saturated carbocycles. The number of aryl methyl sites for hydroxylation is 1. The average molecular weight is 651 g/mol. The molecule has 0 aliphatic carbocycles. The molecule has 3 aromatic carbocycles. The van der Waals surface area contributed by atoms with Gasteiger partial charge in [-0.15, -0.1) is 18.3 Å². The summed E-state index contributed by atoms with van der Waals surface area (Å²) in [6.07, 6.45) is -2.52. The molecule has 5 rings (SSSR count). The first kappa shape index (κ1) is 33.1. The lowest BCUT2D eigenvalue weighted by Crippen LogP contribution is -2.35. The number of benzene rings is 3. The molecule has 4 aromatic rings. The summed E-state index contributed by atoms with van der Waals surface area (Å²) in [7, 11) is 0. The SMILES string of the molecule is Cc1ccc(C(C)C)c(N2CCS/C2=N\C(=O)NCC(C)(C)Cc2ccc(-c3ncn(-c4ccc(OC(F)(F)F)cc4)n3)cc2)c1. The van der Waals surface area contributed by atoms with Crippen LogP contribution in [0.2, 0.25) is 0 Å². The molecule has 1 aliphatic rings. The second kappa shape index (κ2) is 13.6. The lowest BCUT2D eigenvalue weighted by atomic mass is 9.85. The van der Waals surface area contributed by atoms with E-state index in [9.17, 15) is 18.0 Å². The van der Waals surface area contributed by atoms with Crippen LogP contribution >= 0.6 is 11.8 Å². The van der Waals surface area contributed by atoms with E-state index in [-0.39, 0.29) is 17.2 Å². The molecule has 1 aromatic heterocycles. The highest BCUT2D eigenvalue weighted by Gasteiger charge is 2.31. The summed E-state index contributed by atoms with van der Waals surface area (Å²) in [5.41, 5.74) is 5.74. The fraction of sp³-hybridized carbons (Fsp3) is 0.353. The molecule has 0 spiro atoms. The van der Waals surface area contributed by atoms with Crippen molar-refractivity contribution in [3.05, 3.63) is 89.7 Å². The van der Waals surface area contributed by atoms with Gasteiger partial charge in [-0.1, -0.05) is 75.9 Å². The standard InChI is InChI=1S/C34H37F3N6O2S/c1-22(2)28-15-6-23(3)18-29(28)42-16-17-46-32(42)40-31(44)38-20-33(4,5)19-24-7-9-25(10-8-24)30-39-21-43(41-30)26-11-13-27(14-12-26)45-34(35,36)37/h6-15,18,21-22H,16-17,19-20H2,1-5H3,(H,38,44)/b40-32-. The number of hydrogen-bond donors (Lipinski definition) is 1. The normalized spacial score (nSPS) is 14.7. The number of carbonyl (C=O) groups is 1. The first-order valence-corrected chi connectivity index (χ1v) is 16.0. The quantitative estimate of drug-likeness (QED) is 0.197. The van der Waals surface area contributed by atoms with Crippen LogP contribution in [-0.2, 0) is 6.42 Å². The first-order valence-electron chi connectivity index (χ1n) is 15.0. The number of urea groups is 1. The van der Waals surface area contributed by atoms with Crippen molar-refractivity contribution in [3.63, 3.8) is 0 Å². The fourth-order valence-electron chi connectivity index (χ4n) is 5.24. The number of nitrogens with zero attached hydrogens (tertiary/aromatic N) is 5. The van der Waals surface area contributed by atoms with Gasteiger partial charge in [-0.2, -0.15) is 4.99 Å². The number of thioether (sulfide) groups is 1. The number of aliphatic imine (C=N–C) groups is 1. The Morgan fingerprint density at radius 1 is 1.07 bits per heavy atom. The number of rotatable bonds is 9. The van der Waals surface area contributed by atoms with Crippen LogP contribution in [0.4, 0.5) is 23.7 Å². The highest BCUT2D eigenvalue weighted by molar-refractivity contribution is 8.14. The highest BCUT2D eigenvalue weighted by Crippen LogP contribution is 2.34. The maximum Gasteiger partial charge on any atom is 0.573 e. The van der Waals surface area contributed by atoms with Crippen LogP contribution in [0.1, 0.15) is 50.3 Å². The van der Waals surface area contributed by atoms with E-state index in [2.05, 4.69) is 82.8 Å². The molecule has 2 heterocycles. The molecule has 2 amide bonds. The summed E-state index contributed by atoms with van der Waals surface area (Å²) in [4.78, 5) is 23.9. The summed E-state index contributed by atoms with van der Waals surface area (Å²) in [5, 5.41) is 8.20. The van der Waals surface area contributed by atoms with Crippen molar-refractivity contribution in [2.45, 2.75) is 53.3 Å². The van der Waals surface area contributed by atoms with Gasteiger partial charge in [-0.05, 0) is 71.7 Å². The van der Waals surface area contributed by atoms with Crippen LogP contribution in [0.15, 0.2) is 78.0 Å². The van der Waals surface area contributed by atoms with Gasteiger partial charge in [0.2, 0.25) is 0 Å². The van der Waals surface area contributed by atoms with Gasteiger partial charge in [0, 0.05) is 30.1 Å². The molecule has 242 valence electrons. The molecule has 1 aliphatic heterocycles. The Morgan fingerprint density at radius 3 is 2.46 bits per heavy atom. The zero-order valence-electron chi connectivity index (χ0n) is 26.4. The first-order chi connectivity index (χ1) is 21.8. The summed E-state index contributed by atoms with van der Waals surface area (Å²) >= 11 is 1.60. The van der Waals surface area contributed by atoms with Crippen molar-refractivity contribution in [2.75, 3.05) is 23.7 Å². The molecule has 12 heteroatoms. The maximum absolute atomic E-state index is 12.9. The Morgan fingerprint density at radius 2 is 1.78 bits per heavy atom. The van der Waals surface area contributed by atoms with Gasteiger partial charge in [-0.25, -0.2) is 14.5 Å². The molecule has 8 nitrogen and oxygen atoms in total. The van der Waals surface area contributed by atoms with Crippen LogP contribution in [0.25, 0.3) is 17.1 Å². The Labute approximate surface area is 271 Å². The molecule has 1 saturated heterocycles. The molecular formula is C34H37F3N6O2S. The minimum atomic E-state index is -4.75. The van der Waals surface area contributed by atoms with Crippen LogP contribution < -0.4 is 15.0 Å². The third-order valence-electron chi connectivity index (χ3n) is 7.51. The van der Waals surface area contributed by atoms with Gasteiger partial charge in [0.05, 0.1) is 5.69 Å². The zero-order valence-corrected chi connectivity index (χ0v) is 27.2. The van der Waals surface area contributed by atoms with E-state index in [0.29, 0.717) is 24.0 Å². The third-order valence-corrected chi connectivity index (χ3v) is 8.47. The second-order valence-electron chi connectivity index (χ2n) is 12.4. The molecule has 0 unspecified atom stereocenters. The number of anilines is 1. The number of alkyl halides is 3. The van der Waals surface area contributed by atoms with Crippen molar-refractivity contribution >= 4 is 28.6 Å². The number of nitrogens with one attached hydrogen (secondary N) is 1. The molecule has 1 N–H and O–H groups in total. The number of carbonyl (C=O) groups excluding carboxylic acids is 1. The van der Waals surface area contributed by atoms with Gasteiger partial charge >= 0.3 is 12.4 Å². The lowest BCUT2D eigenvalue weighted by Gasteiger charge is -2.25. The van der Waals surface area contributed by atoms with E-state index in [1.165, 1.54) is 46.4 Å². The van der Waals surface area contributed by atoms with E-state index >= 15 is 0 Å². The molecule has 46 heavy (non-hydrogen) atoms. The Hall–Kier alpha value is -4.32. The minimum absolute atomic E-state index is 0.233. The number of ether oxygens (including phenoxy) is 1. The number of halogens is 3. The molecule has 0 radical (unpaired) electrons. The van der Waals surface area contributed by atoms with Gasteiger partial charge < -0.3 is 15.0 Å². The Balaban J connectivity index is 1.17. The summed E-state index contributed by atoms with van der Waals surface area (Å²) in [6.45, 7) is 11.9. The van der Waals surface area contributed by atoms with Crippen molar-refractivity contribution in [1.82, 2.24) is 20.1 Å². The highest BCUT2D eigenvalue weighted by atomic mass is 32.2. The second-order valence-corrected chi connectivity index (χ2v) is 13.4. The van der Waals surface area contributed by atoms with E-state index in [4.69, 9.17) is 0 Å². The predicted molar refractivity (Wildman–Crippen MR) is 177 cm³/mol. The van der Waals surface area contributed by atoms with Gasteiger partial charge in [0.25, 0.3) is 0 Å². The van der Waals surface area contributed by atoms with E-state index in [1.807, 2.05) is 24.3 Å². The Bertz CT molecular complexity index is 1700. The minimum Gasteiger partial charge on any atom is -0.406 e. The van der Waals surface area contributed by atoms with Crippen LogP contribution in [0.5, 0.6) is 5.75 Å². The number of amides is 2. The maximum atomic E-state index is 12.9. The summed E-state index contributed by atoms with van der Waals surface area (Å²) < 4.78 is 42.7. The van der Waals surface area contributed by atoms with Crippen molar-refractivity contribution < 1.29 is 22.7 Å². The van der Waals surface area contributed by atoms with Gasteiger partial charge in [0.15, 0.2) is 11.0 Å². The van der Waals surface area contributed by atoms with E-state index in [1.54, 1.807) is 11.8 Å². The topological polar surface area (TPSA) is 84.6 Å². The monoisotopic (exact) mass is 650 g/mol. The van der Waals surface area contributed by atoms with Crippen molar-refractivity contribution in [1.29, 1.82) is 0 Å². The molecule has 0 bridgehead atoms. The summed E-state index contributed by atoms with van der Waals surface area (Å²) in [6, 6.07) is 19.4. The largest absolute Gasteiger partial charge is 0.573 e. The molecule has 0 atom stereocenters. The van der Waals surface area contributed by atoms with Gasteiger partial charge in [0.1, 0.15) is 12.1 Å². The lowest BCUT2D eigenvalue weighted by molar-refractivity contribution is -0.274. The van der Waals surface area contributed by atoms with Gasteiger partial charge in [-0.3, -0.25) is 0 Å². The average Bonchev–Trinajstić information content (AvgIpc) is 3.66. The van der Waals surface area contributed by atoms with Crippen molar-refractivity contribution in [3.8, 4) is 22.8 Å². The predicted octanol–water partition coefficient (Wildman–Crippen LogP) is 8.15. The van der Waals surface area contributed by atoms with Crippen LogP contribution in [0.3, 0.4) is 0 Å². The third kappa shape index (κ3) is 8.48. The van der Waals surface area contributed by atoms with Crippen LogP contribution in [0, 0.1) is 12.3 Å². The number of hydrogen-bond acceptors (Lipinski definition) is 5. The fourth-order valence-corrected chi connectivity index (χ4v) is 6.19.